The molecule has 6 aliphatic heterocycles. The normalized spacial score (nSPS) is 15.4. The quantitative estimate of drug-likeness (QED) is 0.0380. The molecule has 24 rings (SSSR count). The molecule has 0 saturated carbocycles. The van der Waals surface area contributed by atoms with Crippen LogP contribution in [0.5, 0.6) is 11.5 Å². The summed E-state index contributed by atoms with van der Waals surface area (Å²) >= 11 is 0. The standard InChI is InChI=1S/C113H68N8O12/c1-5-95(122)132-93-51-41-65(56-91(93)120-109(128)81-47-43-77-99-78(44-48-82(101(81)99)110(120)129)106(125)118(105(77)124)67-54-63(97-75-33-13-19-35-85(75)114-103(97)61-25-9-7-10-26-61)53-64(55-67)98-76-34-14-20-36-86(76)115-104(98)62-27-11-8-12-28-62)113(3,4)66-42-52-94(133-96(123)6-2)92(57-66)121-111(130)83-49-45-79-100-80(46-50-84(102(83)100)112(121)131)108(127)119(107(79)126)70-59-68(116-87-37-21-15-29-71(87)72-30-16-22-38-88(72)116)58-69(60-70)117-89-39-23-17-31-73(89)74-32-18-24-40-90(74)117/h5-60,97-98H,1-2H2,3-4H3. The van der Waals surface area contributed by atoms with Gasteiger partial charge < -0.3 is 18.6 Å². The predicted molar refractivity (Wildman–Crippen MR) is 513 cm³/mol. The number of hydrogen-bond acceptors (Lipinski definition) is 14. The maximum Gasteiger partial charge on any atom is 0.335 e. The first-order valence-corrected chi connectivity index (χ1v) is 43.3. The number of carbonyl (C=O) groups excluding carboxylic acids is 10. The zero-order valence-corrected chi connectivity index (χ0v) is 70.9. The van der Waals surface area contributed by atoms with Gasteiger partial charge in [0.05, 0.1) is 90.8 Å². The molecule has 0 fully saturated rings. The highest BCUT2D eigenvalue weighted by Gasteiger charge is 2.47. The van der Waals surface area contributed by atoms with Gasteiger partial charge >= 0.3 is 11.9 Å². The number of carbonyl (C=O) groups is 10. The van der Waals surface area contributed by atoms with Crippen molar-refractivity contribution in [1.82, 2.24) is 9.13 Å². The van der Waals surface area contributed by atoms with Gasteiger partial charge in [-0.05, 0) is 184 Å². The highest BCUT2D eigenvalue weighted by Crippen LogP contribution is 2.52. The molecular formula is C113H68N8O12. The number of anilines is 4. The fraction of sp³-hybridized carbons (Fsp3) is 0.0442. The number of rotatable bonds is 16. The minimum atomic E-state index is -1.29. The molecule has 6 aliphatic rings. The maximum atomic E-state index is 16.0. The van der Waals surface area contributed by atoms with E-state index in [4.69, 9.17) is 19.5 Å². The topological polar surface area (TPSA) is 237 Å². The van der Waals surface area contributed by atoms with E-state index in [1.54, 1.807) is 26.0 Å². The number of esters is 2. The Hall–Kier alpha value is -18.0. The van der Waals surface area contributed by atoms with Crippen LogP contribution in [0.15, 0.2) is 363 Å². The first kappa shape index (κ1) is 78.4. The summed E-state index contributed by atoms with van der Waals surface area (Å²) < 4.78 is 16.0. The van der Waals surface area contributed by atoms with Crippen molar-refractivity contribution in [2.75, 3.05) is 19.6 Å². The molecule has 20 heteroatoms. The van der Waals surface area contributed by atoms with Crippen LogP contribution in [0.25, 0.3) is 76.5 Å². The minimum Gasteiger partial charge on any atom is -0.421 e. The molecule has 0 N–H and O–H groups in total. The number of para-hydroxylation sites is 6. The SMILES string of the molecule is C=CC(=O)Oc1ccc(C(C)(C)c2ccc(OC(=O)C=C)c(N3C(=O)c4ccc5c6c(ccc(c46)C3=O)C(=O)N(c3cc(-n4c6ccccc6c6ccccc64)cc(-n4c6ccccc6c6ccccc64)c3)C5=O)c2)cc1N1C(=O)c2ccc3c4c(ccc(c24)C1=O)C(=O)N(c1cc(C2C(c4ccccc4)=Nc4ccccc42)cc(C2C(c4ccccc4)=Nc4ccccc42)c1)C3=O. The van der Waals surface area contributed by atoms with Crippen LogP contribution in [0.4, 0.5) is 34.1 Å². The summed E-state index contributed by atoms with van der Waals surface area (Å²) in [4.78, 5) is 168. The van der Waals surface area contributed by atoms with Crippen LogP contribution in [0, 0.1) is 0 Å². The van der Waals surface area contributed by atoms with E-state index in [0.717, 1.165) is 132 Å². The van der Waals surface area contributed by atoms with E-state index in [-0.39, 0.29) is 100 Å². The Kier molecular flexibility index (Phi) is 17.4. The average molecular weight is 1730 g/mol. The number of aromatic nitrogens is 2. The average Bonchev–Trinajstić information content (AvgIpc) is 1.22. The second-order valence-electron chi connectivity index (χ2n) is 34.2. The summed E-state index contributed by atoms with van der Waals surface area (Å²) in [7, 11) is 0. The highest BCUT2D eigenvalue weighted by atomic mass is 16.5. The van der Waals surface area contributed by atoms with E-state index >= 15 is 38.4 Å². The molecule has 0 spiro atoms. The van der Waals surface area contributed by atoms with Crippen LogP contribution < -0.4 is 29.1 Å². The number of ether oxygens (including phenoxy) is 2. The Morgan fingerprint density at radius 1 is 0.308 bits per heavy atom. The Bertz CT molecular complexity index is 8060. The Morgan fingerprint density at radius 3 is 0.925 bits per heavy atom. The largest absolute Gasteiger partial charge is 0.421 e. The third-order valence-electron chi connectivity index (χ3n) is 26.8. The van der Waals surface area contributed by atoms with Gasteiger partial charge in [0, 0.05) is 105 Å². The lowest BCUT2D eigenvalue weighted by Crippen LogP contribution is -2.44. The molecule has 0 aliphatic carbocycles. The monoisotopic (exact) mass is 1730 g/mol. The number of benzene rings is 16. The number of nitrogens with zero attached hydrogens (tertiary/aromatic N) is 8. The summed E-state index contributed by atoms with van der Waals surface area (Å²) in [6, 6.07) is 100. The van der Waals surface area contributed by atoms with E-state index in [9.17, 15) is 9.59 Å². The molecule has 133 heavy (non-hydrogen) atoms. The Morgan fingerprint density at radius 2 is 0.594 bits per heavy atom. The van der Waals surface area contributed by atoms with Gasteiger partial charge in [0.1, 0.15) is 0 Å². The molecule has 632 valence electrons. The van der Waals surface area contributed by atoms with Gasteiger partial charge in [0.15, 0.2) is 11.5 Å². The number of fused-ring (bicyclic) bond motifs is 8. The van der Waals surface area contributed by atoms with Gasteiger partial charge in [-0.3, -0.25) is 48.3 Å². The van der Waals surface area contributed by atoms with Crippen molar-refractivity contribution < 1.29 is 57.4 Å². The van der Waals surface area contributed by atoms with E-state index < -0.39 is 76.4 Å². The second kappa shape index (κ2) is 29.5. The lowest BCUT2D eigenvalue weighted by molar-refractivity contribution is -0.129. The summed E-state index contributed by atoms with van der Waals surface area (Å²) in [5.41, 5.74) is 12.6. The van der Waals surface area contributed by atoms with Gasteiger partial charge in [-0.15, -0.1) is 0 Å². The van der Waals surface area contributed by atoms with Crippen molar-refractivity contribution in [2.24, 2.45) is 9.98 Å². The molecule has 0 saturated heterocycles. The van der Waals surface area contributed by atoms with Crippen LogP contribution >= 0.6 is 0 Å². The summed E-state index contributed by atoms with van der Waals surface area (Å²) in [6.45, 7) is 10.8. The van der Waals surface area contributed by atoms with Crippen LogP contribution in [0.2, 0.25) is 0 Å². The number of imide groups is 4. The number of hydrogen-bond donors (Lipinski definition) is 0. The van der Waals surface area contributed by atoms with E-state index in [1.807, 2.05) is 206 Å². The Balaban J connectivity index is 0.576. The summed E-state index contributed by atoms with van der Waals surface area (Å²) in [5, 5.41) is 4.28. The highest BCUT2D eigenvalue weighted by molar-refractivity contribution is 6.45. The molecular weight excluding hydrogens is 1660 g/mol. The number of amides is 8. The van der Waals surface area contributed by atoms with Crippen LogP contribution in [-0.2, 0) is 15.0 Å². The van der Waals surface area contributed by atoms with Gasteiger partial charge in [-0.2, -0.15) is 0 Å². The van der Waals surface area contributed by atoms with Crippen molar-refractivity contribution in [3.05, 3.63) is 442 Å². The molecule has 0 bridgehead atoms. The fourth-order valence-electron chi connectivity index (χ4n) is 20.7. The zero-order valence-electron chi connectivity index (χ0n) is 70.9. The lowest BCUT2D eigenvalue weighted by Gasteiger charge is -2.34. The van der Waals surface area contributed by atoms with Crippen LogP contribution in [0.3, 0.4) is 0 Å². The van der Waals surface area contributed by atoms with Gasteiger partial charge in [-0.1, -0.05) is 215 Å². The van der Waals surface area contributed by atoms with E-state index in [0.29, 0.717) is 22.5 Å². The maximum absolute atomic E-state index is 16.0. The van der Waals surface area contributed by atoms with Crippen molar-refractivity contribution in [1.29, 1.82) is 0 Å². The van der Waals surface area contributed by atoms with Crippen LogP contribution in [0.1, 0.15) is 153 Å². The Labute approximate surface area is 757 Å². The lowest BCUT2D eigenvalue weighted by atomic mass is 9.77. The first-order valence-electron chi connectivity index (χ1n) is 43.3. The van der Waals surface area contributed by atoms with Crippen molar-refractivity contribution in [3.63, 3.8) is 0 Å². The van der Waals surface area contributed by atoms with Crippen molar-refractivity contribution in [3.8, 4) is 22.9 Å². The van der Waals surface area contributed by atoms with Gasteiger partial charge in [0.2, 0.25) is 0 Å². The van der Waals surface area contributed by atoms with Gasteiger partial charge in [-0.25, -0.2) is 29.2 Å². The zero-order chi connectivity index (χ0) is 90.4. The molecule has 0 radical (unpaired) electrons. The molecule has 8 amide bonds. The molecule has 18 aromatic rings. The molecule has 2 unspecified atom stereocenters. The molecule has 16 aromatic carbocycles. The number of aliphatic imine (C=N–C) groups is 2. The molecule has 2 atom stereocenters. The smallest absolute Gasteiger partial charge is 0.335 e. The summed E-state index contributed by atoms with van der Waals surface area (Å²) in [6.07, 6.45) is 1.84. The predicted octanol–water partition coefficient (Wildman–Crippen LogP) is 22.4. The fourth-order valence-corrected chi connectivity index (χ4v) is 20.7. The summed E-state index contributed by atoms with van der Waals surface area (Å²) in [5.74, 6) is -9.74. The molecule has 20 nitrogen and oxygen atoms in total. The van der Waals surface area contributed by atoms with Crippen LogP contribution in [-0.4, -0.2) is 79.8 Å². The van der Waals surface area contributed by atoms with Crippen molar-refractivity contribution >= 4 is 170 Å². The third-order valence-corrected chi connectivity index (χ3v) is 26.8. The van der Waals surface area contributed by atoms with Crippen molar-refractivity contribution in [2.45, 2.75) is 31.1 Å². The minimum absolute atomic E-state index is 0.0412. The molecule has 8 heterocycles. The molecule has 2 aromatic heterocycles. The second-order valence-corrected chi connectivity index (χ2v) is 34.2. The van der Waals surface area contributed by atoms with E-state index in [2.05, 4.69) is 58.7 Å². The van der Waals surface area contributed by atoms with E-state index in [1.165, 1.54) is 72.8 Å². The first-order chi connectivity index (χ1) is 64.8. The van der Waals surface area contributed by atoms with Gasteiger partial charge in [0.25, 0.3) is 47.3 Å². The third kappa shape index (κ3) is 11.7.